The van der Waals surface area contributed by atoms with Gasteiger partial charge in [0.2, 0.25) is 16.9 Å². The summed E-state index contributed by atoms with van der Waals surface area (Å²) < 4.78 is 25.2. The fourth-order valence-corrected chi connectivity index (χ4v) is 4.23. The van der Waals surface area contributed by atoms with Gasteiger partial charge < -0.3 is 4.90 Å². The SMILES string of the molecule is CC12CCC(=O)N1c1ccccc1C(=O)N2CC(=O)Nc1nnc(C(F)F)s1. The van der Waals surface area contributed by atoms with Crippen LogP contribution in [0.1, 0.15) is 41.6 Å². The van der Waals surface area contributed by atoms with Gasteiger partial charge in [-0.25, -0.2) is 8.78 Å². The van der Waals surface area contributed by atoms with Gasteiger partial charge in [-0.15, -0.1) is 10.2 Å². The van der Waals surface area contributed by atoms with Crippen LogP contribution in [0.25, 0.3) is 0 Å². The molecule has 1 unspecified atom stereocenters. The highest BCUT2D eigenvalue weighted by molar-refractivity contribution is 7.15. The Morgan fingerprint density at radius 2 is 2.07 bits per heavy atom. The molecule has 1 fully saturated rings. The number of para-hydroxylation sites is 1. The molecule has 8 nitrogen and oxygen atoms in total. The van der Waals surface area contributed by atoms with E-state index in [4.69, 9.17) is 0 Å². The summed E-state index contributed by atoms with van der Waals surface area (Å²) in [7, 11) is 0. The number of carbonyl (C=O) groups excluding carboxylic acids is 3. The van der Waals surface area contributed by atoms with E-state index in [9.17, 15) is 23.2 Å². The molecule has 2 aliphatic heterocycles. The number of carbonyl (C=O) groups is 3. The molecular formula is C17H15F2N5O3S. The molecular weight excluding hydrogens is 392 g/mol. The quantitative estimate of drug-likeness (QED) is 0.840. The number of rotatable bonds is 4. The van der Waals surface area contributed by atoms with Crippen LogP contribution in [0.3, 0.4) is 0 Å². The van der Waals surface area contributed by atoms with E-state index in [-0.39, 0.29) is 29.9 Å². The predicted molar refractivity (Wildman–Crippen MR) is 96.1 cm³/mol. The van der Waals surface area contributed by atoms with Gasteiger partial charge in [-0.1, -0.05) is 23.5 Å². The van der Waals surface area contributed by atoms with Crippen molar-refractivity contribution in [3.05, 3.63) is 34.8 Å². The van der Waals surface area contributed by atoms with E-state index in [1.54, 1.807) is 36.1 Å². The summed E-state index contributed by atoms with van der Waals surface area (Å²) in [5.74, 6) is -1.10. The number of fused-ring (bicyclic) bond motifs is 3. The average Bonchev–Trinajstić information content (AvgIpc) is 3.24. The van der Waals surface area contributed by atoms with Gasteiger partial charge in [-0.3, -0.25) is 24.6 Å². The number of amides is 3. The fraction of sp³-hybridized carbons (Fsp3) is 0.353. The molecule has 0 saturated carbocycles. The van der Waals surface area contributed by atoms with E-state index in [1.165, 1.54) is 4.90 Å². The van der Waals surface area contributed by atoms with Crippen LogP contribution in [-0.2, 0) is 9.59 Å². The predicted octanol–water partition coefficient (Wildman–Crippen LogP) is 2.41. The van der Waals surface area contributed by atoms with Crippen LogP contribution in [0.15, 0.2) is 24.3 Å². The minimum absolute atomic E-state index is 0.0744. The normalized spacial score (nSPS) is 21.1. The van der Waals surface area contributed by atoms with E-state index in [1.807, 2.05) is 0 Å². The van der Waals surface area contributed by atoms with Crippen molar-refractivity contribution in [1.82, 2.24) is 15.1 Å². The number of alkyl halides is 2. The molecule has 4 rings (SSSR count). The third-order valence-corrected chi connectivity index (χ3v) is 5.77. The number of hydrogen-bond donors (Lipinski definition) is 1. The number of hydrogen-bond acceptors (Lipinski definition) is 6. The van der Waals surface area contributed by atoms with Crippen LogP contribution in [0.2, 0.25) is 0 Å². The van der Waals surface area contributed by atoms with Crippen molar-refractivity contribution in [2.75, 3.05) is 16.8 Å². The molecule has 1 atom stereocenters. The zero-order valence-electron chi connectivity index (χ0n) is 14.7. The monoisotopic (exact) mass is 407 g/mol. The van der Waals surface area contributed by atoms with Gasteiger partial charge in [0.05, 0.1) is 11.3 Å². The van der Waals surface area contributed by atoms with Crippen LogP contribution < -0.4 is 10.2 Å². The van der Waals surface area contributed by atoms with Gasteiger partial charge in [0, 0.05) is 6.42 Å². The van der Waals surface area contributed by atoms with Crippen molar-refractivity contribution in [1.29, 1.82) is 0 Å². The number of anilines is 2. The van der Waals surface area contributed by atoms with E-state index in [0.717, 1.165) is 0 Å². The van der Waals surface area contributed by atoms with E-state index < -0.39 is 23.0 Å². The molecule has 1 saturated heterocycles. The van der Waals surface area contributed by atoms with Crippen LogP contribution in [-0.4, -0.2) is 45.0 Å². The van der Waals surface area contributed by atoms with Crippen LogP contribution >= 0.6 is 11.3 Å². The van der Waals surface area contributed by atoms with Crippen molar-refractivity contribution in [3.8, 4) is 0 Å². The van der Waals surface area contributed by atoms with Crippen LogP contribution in [0, 0.1) is 0 Å². The second kappa shape index (κ2) is 6.59. The molecule has 0 spiro atoms. The Kier molecular flexibility index (Phi) is 4.33. The van der Waals surface area contributed by atoms with E-state index in [2.05, 4.69) is 15.5 Å². The first-order valence-corrected chi connectivity index (χ1v) is 9.28. The standard InChI is InChI=1S/C17H15F2N5O3S/c1-17-7-6-12(26)24(17)10-5-3-2-4-9(10)15(27)23(17)8-11(25)20-16-22-21-14(28-16)13(18)19/h2-5,13H,6-8H2,1H3,(H,20,22,25). The first-order valence-electron chi connectivity index (χ1n) is 8.47. The van der Waals surface area contributed by atoms with Crippen LogP contribution in [0.4, 0.5) is 19.6 Å². The van der Waals surface area contributed by atoms with Crippen molar-refractivity contribution < 1.29 is 23.2 Å². The summed E-state index contributed by atoms with van der Waals surface area (Å²) in [5, 5.41) is 8.63. The molecule has 1 aromatic carbocycles. The number of nitrogens with one attached hydrogen (secondary N) is 1. The Morgan fingerprint density at radius 1 is 1.32 bits per heavy atom. The lowest BCUT2D eigenvalue weighted by molar-refractivity contribution is -0.120. The second-order valence-corrected chi connectivity index (χ2v) is 7.66. The Hall–Kier alpha value is -2.95. The Morgan fingerprint density at radius 3 is 2.79 bits per heavy atom. The second-order valence-electron chi connectivity index (χ2n) is 6.65. The number of halogens is 2. The zero-order chi connectivity index (χ0) is 20.1. The molecule has 28 heavy (non-hydrogen) atoms. The number of aromatic nitrogens is 2. The van der Waals surface area contributed by atoms with Gasteiger partial charge in [0.1, 0.15) is 12.2 Å². The zero-order valence-corrected chi connectivity index (χ0v) is 15.5. The van der Waals surface area contributed by atoms with Crippen molar-refractivity contribution >= 4 is 39.9 Å². The molecule has 146 valence electrons. The van der Waals surface area contributed by atoms with Gasteiger partial charge in [0.15, 0.2) is 5.01 Å². The highest BCUT2D eigenvalue weighted by Crippen LogP contribution is 2.43. The molecule has 11 heteroatoms. The Balaban J connectivity index is 1.60. The highest BCUT2D eigenvalue weighted by Gasteiger charge is 2.53. The van der Waals surface area contributed by atoms with E-state index in [0.29, 0.717) is 29.0 Å². The molecule has 0 bridgehead atoms. The molecule has 0 aliphatic carbocycles. The molecule has 2 aromatic rings. The van der Waals surface area contributed by atoms with Crippen molar-refractivity contribution in [3.63, 3.8) is 0 Å². The molecule has 0 radical (unpaired) electrons. The summed E-state index contributed by atoms with van der Waals surface area (Å²) >= 11 is 0.567. The van der Waals surface area contributed by atoms with Gasteiger partial charge in [-0.2, -0.15) is 0 Å². The minimum Gasteiger partial charge on any atom is -0.306 e. The third kappa shape index (κ3) is 2.82. The smallest absolute Gasteiger partial charge is 0.291 e. The molecule has 3 heterocycles. The maximum Gasteiger partial charge on any atom is 0.291 e. The summed E-state index contributed by atoms with van der Waals surface area (Å²) in [4.78, 5) is 40.9. The first-order chi connectivity index (χ1) is 13.3. The minimum atomic E-state index is -2.78. The largest absolute Gasteiger partial charge is 0.306 e. The van der Waals surface area contributed by atoms with Crippen LogP contribution in [0.5, 0.6) is 0 Å². The summed E-state index contributed by atoms with van der Waals surface area (Å²) in [6, 6.07) is 6.74. The average molecular weight is 407 g/mol. The lowest BCUT2D eigenvalue weighted by Crippen LogP contribution is -2.63. The maximum absolute atomic E-state index is 13.0. The van der Waals surface area contributed by atoms with Crippen molar-refractivity contribution in [2.24, 2.45) is 0 Å². The number of benzene rings is 1. The number of nitrogens with zero attached hydrogens (tertiary/aromatic N) is 4. The van der Waals surface area contributed by atoms with Gasteiger partial charge in [0.25, 0.3) is 12.3 Å². The molecule has 1 N–H and O–H groups in total. The fourth-order valence-electron chi connectivity index (χ4n) is 3.62. The topological polar surface area (TPSA) is 95.5 Å². The Labute approximate surface area is 162 Å². The van der Waals surface area contributed by atoms with Gasteiger partial charge in [-0.05, 0) is 25.5 Å². The van der Waals surface area contributed by atoms with Gasteiger partial charge >= 0.3 is 0 Å². The summed E-state index contributed by atoms with van der Waals surface area (Å²) in [6.45, 7) is 1.38. The highest BCUT2D eigenvalue weighted by atomic mass is 32.1. The molecule has 3 amide bonds. The Bertz CT molecular complexity index is 981. The molecule has 1 aromatic heterocycles. The lowest BCUT2D eigenvalue weighted by Gasteiger charge is -2.48. The first kappa shape index (κ1) is 18.4. The lowest BCUT2D eigenvalue weighted by atomic mass is 9.98. The van der Waals surface area contributed by atoms with Crippen molar-refractivity contribution in [2.45, 2.75) is 31.9 Å². The molecule has 2 aliphatic rings. The summed E-state index contributed by atoms with van der Waals surface area (Å²) in [5.41, 5.74) is -0.117. The maximum atomic E-state index is 13.0. The summed E-state index contributed by atoms with van der Waals surface area (Å²) in [6.07, 6.45) is -2.14. The third-order valence-electron chi connectivity index (χ3n) is 4.92. The van der Waals surface area contributed by atoms with E-state index >= 15 is 0 Å².